The predicted octanol–water partition coefficient (Wildman–Crippen LogP) is 4.20. The summed E-state index contributed by atoms with van der Waals surface area (Å²) in [5.41, 5.74) is 2.50. The molecule has 2 aromatic heterocycles. The molecule has 1 N–H and O–H groups in total. The Balaban J connectivity index is 1.62. The van der Waals surface area contributed by atoms with Crippen LogP contribution in [0.5, 0.6) is 0 Å². The van der Waals surface area contributed by atoms with Gasteiger partial charge in [0.2, 0.25) is 5.89 Å². The van der Waals surface area contributed by atoms with Crippen LogP contribution in [0.1, 0.15) is 22.8 Å². The number of benzene rings is 2. The average Bonchev–Trinajstić information content (AvgIpc) is 3.14. The van der Waals surface area contributed by atoms with Crippen molar-refractivity contribution in [3.05, 3.63) is 88.0 Å². The molecule has 0 atom stereocenters. The maximum Gasteiger partial charge on any atom is 0.437 e. The molecule has 7 nitrogen and oxygen atoms in total. The van der Waals surface area contributed by atoms with Crippen LogP contribution in [0, 0.1) is 11.6 Å². The van der Waals surface area contributed by atoms with Crippen molar-refractivity contribution in [1.82, 2.24) is 14.8 Å². The number of carbonyl (C=O) groups excluding carboxylic acids is 1. The molecule has 9 heteroatoms. The minimum absolute atomic E-state index is 0.195. The van der Waals surface area contributed by atoms with Gasteiger partial charge in [0, 0.05) is 29.9 Å². The van der Waals surface area contributed by atoms with Gasteiger partial charge in [-0.1, -0.05) is 25.1 Å². The van der Waals surface area contributed by atoms with Crippen molar-refractivity contribution >= 4 is 11.6 Å². The van der Waals surface area contributed by atoms with Crippen molar-refractivity contribution in [2.45, 2.75) is 13.3 Å². The van der Waals surface area contributed by atoms with Crippen molar-refractivity contribution in [2.24, 2.45) is 7.05 Å². The number of aromatic nitrogens is 3. The van der Waals surface area contributed by atoms with Gasteiger partial charge in [-0.15, -0.1) is 5.10 Å². The second kappa shape index (κ2) is 8.54. The number of pyridine rings is 1. The van der Waals surface area contributed by atoms with Gasteiger partial charge in [0.25, 0.3) is 5.91 Å². The van der Waals surface area contributed by atoms with Crippen LogP contribution in [0.3, 0.4) is 0 Å². The highest BCUT2D eigenvalue weighted by Crippen LogP contribution is 2.27. The summed E-state index contributed by atoms with van der Waals surface area (Å²) in [5, 5.41) is 6.36. The maximum absolute atomic E-state index is 13.8. The van der Waals surface area contributed by atoms with Crippen LogP contribution in [-0.4, -0.2) is 20.7 Å². The van der Waals surface area contributed by atoms with Gasteiger partial charge in [-0.3, -0.25) is 9.78 Å². The molecule has 0 fully saturated rings. The Morgan fingerprint density at radius 1 is 1.12 bits per heavy atom. The van der Waals surface area contributed by atoms with E-state index in [1.165, 1.54) is 25.2 Å². The monoisotopic (exact) mass is 436 g/mol. The minimum Gasteiger partial charge on any atom is -0.388 e. The van der Waals surface area contributed by atoms with E-state index in [4.69, 9.17) is 4.42 Å². The number of hydrogen-bond donors (Lipinski definition) is 1. The number of aryl methyl sites for hydroxylation is 2. The van der Waals surface area contributed by atoms with Crippen molar-refractivity contribution in [1.29, 1.82) is 0 Å². The molecule has 0 unspecified atom stereocenters. The first kappa shape index (κ1) is 21.1. The fourth-order valence-corrected chi connectivity index (χ4v) is 3.17. The Bertz CT molecular complexity index is 1340. The topological polar surface area (TPSA) is 90.0 Å². The molecule has 0 aliphatic carbocycles. The molecule has 0 saturated carbocycles. The summed E-state index contributed by atoms with van der Waals surface area (Å²) >= 11 is 0. The molecule has 2 aromatic carbocycles. The summed E-state index contributed by atoms with van der Waals surface area (Å²) in [5.74, 6) is -2.73. The average molecular weight is 436 g/mol. The second-order valence-corrected chi connectivity index (χ2v) is 7.01. The number of nitrogens with one attached hydrogen (secondary N) is 1. The first-order valence-electron chi connectivity index (χ1n) is 9.76. The highest BCUT2D eigenvalue weighted by Gasteiger charge is 2.16. The summed E-state index contributed by atoms with van der Waals surface area (Å²) in [7, 11) is 1.50. The van der Waals surface area contributed by atoms with Gasteiger partial charge in [0.05, 0.1) is 5.69 Å². The molecule has 2 heterocycles. The van der Waals surface area contributed by atoms with Crippen LogP contribution in [0.15, 0.2) is 63.9 Å². The van der Waals surface area contributed by atoms with Crippen LogP contribution in [0.2, 0.25) is 0 Å². The summed E-state index contributed by atoms with van der Waals surface area (Å²) < 4.78 is 33.9. The number of nitrogens with zero attached hydrogens (tertiary/aromatic N) is 3. The highest BCUT2D eigenvalue weighted by atomic mass is 19.1. The zero-order chi connectivity index (χ0) is 22.8. The van der Waals surface area contributed by atoms with Crippen LogP contribution >= 0.6 is 0 Å². The molecule has 0 bridgehead atoms. The van der Waals surface area contributed by atoms with Gasteiger partial charge in [-0.25, -0.2) is 13.6 Å². The molecule has 4 aromatic rings. The van der Waals surface area contributed by atoms with Gasteiger partial charge >= 0.3 is 5.76 Å². The van der Waals surface area contributed by atoms with Crippen LogP contribution in [-0.2, 0) is 13.5 Å². The third-order valence-electron chi connectivity index (χ3n) is 4.93. The molecule has 0 radical (unpaired) electrons. The number of amides is 1. The van der Waals surface area contributed by atoms with Crippen molar-refractivity contribution in [3.8, 4) is 22.7 Å². The van der Waals surface area contributed by atoms with E-state index >= 15 is 0 Å². The smallest absolute Gasteiger partial charge is 0.388 e. The molecule has 162 valence electrons. The molecule has 4 rings (SSSR count). The Labute approximate surface area is 181 Å². The Morgan fingerprint density at radius 2 is 1.81 bits per heavy atom. The maximum atomic E-state index is 13.8. The van der Waals surface area contributed by atoms with E-state index < -0.39 is 29.0 Å². The van der Waals surface area contributed by atoms with Crippen LogP contribution in [0.4, 0.5) is 14.5 Å². The largest absolute Gasteiger partial charge is 0.437 e. The van der Waals surface area contributed by atoms with E-state index in [0.717, 1.165) is 22.4 Å². The van der Waals surface area contributed by atoms with E-state index in [1.807, 2.05) is 6.92 Å². The lowest BCUT2D eigenvalue weighted by Gasteiger charge is -2.09. The number of hydrogen-bond acceptors (Lipinski definition) is 5. The Kier molecular flexibility index (Phi) is 5.63. The van der Waals surface area contributed by atoms with E-state index in [9.17, 15) is 18.4 Å². The first-order chi connectivity index (χ1) is 15.4. The fourth-order valence-electron chi connectivity index (χ4n) is 3.17. The van der Waals surface area contributed by atoms with Crippen LogP contribution in [0.25, 0.3) is 22.7 Å². The van der Waals surface area contributed by atoms with Gasteiger partial charge < -0.3 is 9.73 Å². The van der Waals surface area contributed by atoms with Gasteiger partial charge in [-0.2, -0.15) is 4.68 Å². The quantitative estimate of drug-likeness (QED) is 0.507. The van der Waals surface area contributed by atoms with E-state index in [-0.39, 0.29) is 11.5 Å². The van der Waals surface area contributed by atoms with E-state index in [2.05, 4.69) is 15.4 Å². The Morgan fingerprint density at radius 3 is 2.41 bits per heavy atom. The standard InChI is InChI=1S/C23H18F2N4O3/c1-3-13-12-26-19(11-16(13)22-28-29(2)23(31)32-22)14-7-9-15(10-8-14)21(30)27-20-17(24)5-4-6-18(20)25/h4-12H,3H2,1-2H3,(H,27,30). The normalized spacial score (nSPS) is 10.9. The van der Waals surface area contributed by atoms with Gasteiger partial charge in [0.15, 0.2) is 0 Å². The SMILES string of the molecule is CCc1cnc(-c2ccc(C(=O)Nc3c(F)cccc3F)cc2)cc1-c1nn(C)c(=O)o1. The summed E-state index contributed by atoms with van der Waals surface area (Å²) in [4.78, 5) is 28.5. The third kappa shape index (κ3) is 4.04. The lowest BCUT2D eigenvalue weighted by atomic mass is 10.0. The van der Waals surface area contributed by atoms with E-state index in [1.54, 1.807) is 24.4 Å². The van der Waals surface area contributed by atoms with Crippen LogP contribution < -0.4 is 11.1 Å². The molecule has 0 spiro atoms. The van der Waals surface area contributed by atoms with Crippen molar-refractivity contribution in [3.63, 3.8) is 0 Å². The second-order valence-electron chi connectivity index (χ2n) is 7.01. The molecule has 0 saturated heterocycles. The molecular weight excluding hydrogens is 418 g/mol. The third-order valence-corrected chi connectivity index (χ3v) is 4.93. The zero-order valence-electron chi connectivity index (χ0n) is 17.2. The zero-order valence-corrected chi connectivity index (χ0v) is 17.2. The number of para-hydroxylation sites is 1. The lowest BCUT2D eigenvalue weighted by molar-refractivity contribution is 0.102. The van der Waals surface area contributed by atoms with Gasteiger partial charge in [-0.05, 0) is 42.3 Å². The summed E-state index contributed by atoms with van der Waals surface area (Å²) in [6.07, 6.45) is 2.34. The molecule has 32 heavy (non-hydrogen) atoms. The number of halogens is 2. The van der Waals surface area contributed by atoms with Crippen molar-refractivity contribution < 1.29 is 18.0 Å². The highest BCUT2D eigenvalue weighted by molar-refractivity contribution is 6.04. The predicted molar refractivity (Wildman–Crippen MR) is 114 cm³/mol. The number of carbonyl (C=O) groups is 1. The molecular formula is C23H18F2N4O3. The summed E-state index contributed by atoms with van der Waals surface area (Å²) in [6, 6.07) is 11.5. The lowest BCUT2D eigenvalue weighted by Crippen LogP contribution is -2.14. The number of rotatable bonds is 5. The van der Waals surface area contributed by atoms with E-state index in [0.29, 0.717) is 23.2 Å². The molecule has 1 amide bonds. The molecule has 0 aliphatic rings. The van der Waals surface area contributed by atoms with Gasteiger partial charge in [0.1, 0.15) is 17.3 Å². The Hall–Kier alpha value is -4.14. The first-order valence-corrected chi connectivity index (χ1v) is 9.76. The number of anilines is 1. The van der Waals surface area contributed by atoms with Crippen molar-refractivity contribution in [2.75, 3.05) is 5.32 Å². The summed E-state index contributed by atoms with van der Waals surface area (Å²) in [6.45, 7) is 1.95. The minimum atomic E-state index is -0.858. The fraction of sp³-hybridized carbons (Fsp3) is 0.130. The molecule has 0 aliphatic heterocycles.